The Kier molecular flexibility index (Phi) is 75.8. The van der Waals surface area contributed by atoms with Gasteiger partial charge in [-0.1, -0.05) is 288 Å². The average Bonchev–Trinajstić information content (AvgIpc) is 0.901. The van der Waals surface area contributed by atoms with E-state index in [-0.39, 0.29) is 25.7 Å². The molecular weight excluding hydrogens is 1400 g/mol. The molecule has 0 saturated heterocycles. The number of esters is 4. The van der Waals surface area contributed by atoms with Crippen molar-refractivity contribution in [3.05, 3.63) is 158 Å². The van der Waals surface area contributed by atoms with Gasteiger partial charge >= 0.3 is 39.5 Å². The van der Waals surface area contributed by atoms with Gasteiger partial charge in [0.25, 0.3) is 0 Å². The lowest BCUT2D eigenvalue weighted by molar-refractivity contribution is -0.161. The lowest BCUT2D eigenvalue weighted by Crippen LogP contribution is -2.30. The Labute approximate surface area is 655 Å². The summed E-state index contributed by atoms with van der Waals surface area (Å²) in [5, 5.41) is 10.7. The summed E-state index contributed by atoms with van der Waals surface area (Å²) in [4.78, 5) is 73.2. The normalized spacial score (nSPS) is 14.6. The first-order valence-corrected chi connectivity index (χ1v) is 44.7. The molecule has 0 aliphatic rings. The molecule has 17 nitrogen and oxygen atoms in total. The molecule has 616 valence electrons. The second-order valence-corrected chi connectivity index (χ2v) is 30.2. The van der Waals surface area contributed by atoms with Gasteiger partial charge in [-0.3, -0.25) is 37.3 Å². The first kappa shape index (κ1) is 103. The van der Waals surface area contributed by atoms with Crippen LogP contribution in [-0.2, 0) is 65.4 Å². The van der Waals surface area contributed by atoms with Gasteiger partial charge in [-0.15, -0.1) is 0 Å². The molecule has 0 aromatic heterocycles. The molecule has 0 rings (SSSR count). The Bertz CT molecular complexity index is 2660. The van der Waals surface area contributed by atoms with Gasteiger partial charge in [0.15, 0.2) is 12.2 Å². The van der Waals surface area contributed by atoms with Crippen molar-refractivity contribution in [2.24, 2.45) is 0 Å². The number of allylic oxidation sites excluding steroid dienone is 26. The number of phosphoric ester groups is 2. The number of phosphoric acid groups is 2. The molecule has 0 spiro atoms. The summed E-state index contributed by atoms with van der Waals surface area (Å²) >= 11 is 0. The fourth-order valence-electron chi connectivity index (χ4n) is 10.7. The number of ether oxygens (including phenoxy) is 4. The maximum atomic E-state index is 13.1. The third-order valence-electron chi connectivity index (χ3n) is 17.0. The van der Waals surface area contributed by atoms with E-state index in [9.17, 15) is 43.2 Å². The minimum Gasteiger partial charge on any atom is -0.462 e. The minimum atomic E-state index is -5.00. The molecular formula is C89H148O17P2. The highest BCUT2D eigenvalue weighted by Crippen LogP contribution is 2.45. The second kappa shape index (κ2) is 79.8. The highest BCUT2D eigenvalue weighted by atomic mass is 31.2. The predicted octanol–water partition coefficient (Wildman–Crippen LogP) is 24.8. The van der Waals surface area contributed by atoms with E-state index in [0.717, 1.165) is 205 Å². The number of hydrogen-bond acceptors (Lipinski definition) is 15. The van der Waals surface area contributed by atoms with Crippen LogP contribution in [0.3, 0.4) is 0 Å². The van der Waals surface area contributed by atoms with Crippen molar-refractivity contribution in [3.8, 4) is 0 Å². The number of aliphatic hydroxyl groups excluding tert-OH is 1. The smallest absolute Gasteiger partial charge is 0.462 e. The van der Waals surface area contributed by atoms with E-state index < -0.39 is 97.5 Å². The zero-order valence-corrected chi connectivity index (χ0v) is 69.3. The molecule has 0 heterocycles. The van der Waals surface area contributed by atoms with Gasteiger partial charge in [0.1, 0.15) is 19.3 Å². The van der Waals surface area contributed by atoms with Crippen LogP contribution in [-0.4, -0.2) is 96.7 Å². The minimum absolute atomic E-state index is 0.0561. The van der Waals surface area contributed by atoms with Gasteiger partial charge in [0, 0.05) is 25.7 Å². The van der Waals surface area contributed by atoms with Gasteiger partial charge in [-0.2, -0.15) is 0 Å². The lowest BCUT2D eigenvalue weighted by Gasteiger charge is -2.21. The summed E-state index contributed by atoms with van der Waals surface area (Å²) < 4.78 is 68.7. The maximum Gasteiger partial charge on any atom is 0.472 e. The molecule has 5 unspecified atom stereocenters. The molecule has 0 bridgehead atoms. The molecule has 108 heavy (non-hydrogen) atoms. The molecule has 0 saturated carbocycles. The molecule has 3 N–H and O–H groups in total. The van der Waals surface area contributed by atoms with E-state index in [1.165, 1.54) is 38.5 Å². The van der Waals surface area contributed by atoms with E-state index in [1.807, 2.05) is 0 Å². The summed E-state index contributed by atoms with van der Waals surface area (Å²) in [5.74, 6) is -2.25. The molecule has 19 heteroatoms. The van der Waals surface area contributed by atoms with Crippen LogP contribution >= 0.6 is 15.6 Å². The Balaban J connectivity index is 5.44. The highest BCUT2D eigenvalue weighted by molar-refractivity contribution is 7.47. The van der Waals surface area contributed by atoms with Gasteiger partial charge < -0.3 is 33.8 Å². The maximum absolute atomic E-state index is 13.1. The molecule has 0 aliphatic heterocycles. The standard InChI is InChI=1S/C89H148O17P2/c1-5-9-13-17-21-25-29-33-37-40-41-44-47-50-54-58-62-66-70-74-87(92)100-79-84(105-88(93)75-71-67-63-59-55-51-45-36-32-28-24-20-16-12-8-4)81-103-107(95,96)101-77-83(90)78-102-108(97,98)104-82-85(106-89(94)76-72-68-64-60-56-52-48-43-39-35-31-27-23-19-15-11-7-3)80-99-86(91)73-69-65-61-57-53-49-46-42-38-34-30-26-22-18-14-10-6-2/h9-11,13-15,21-23,25-27,33-39,41,44-46,48-49,52,83-85,90H,5-8,12,16-20,24,28-32,40,42-43,47,50-51,53-82H2,1-4H3,(H,95,96)(H,97,98)/b13-9-,14-10-,15-11-,25-21-,26-22-,27-23-,37-33-,38-34-,39-35-,44-41-,45-36-,49-46-,52-48-. The molecule has 0 amide bonds. The average molecular weight is 1550 g/mol. The van der Waals surface area contributed by atoms with E-state index in [4.69, 9.17) is 37.0 Å². The van der Waals surface area contributed by atoms with E-state index in [1.54, 1.807) is 0 Å². The van der Waals surface area contributed by atoms with E-state index in [0.29, 0.717) is 25.7 Å². The summed E-state index contributed by atoms with van der Waals surface area (Å²) in [6.07, 6.45) is 93.5. The van der Waals surface area contributed by atoms with Crippen LogP contribution in [0.15, 0.2) is 158 Å². The number of carbonyl (C=O) groups is 4. The fourth-order valence-corrected chi connectivity index (χ4v) is 12.3. The predicted molar refractivity (Wildman–Crippen MR) is 445 cm³/mol. The van der Waals surface area contributed by atoms with Crippen LogP contribution in [0.2, 0.25) is 0 Å². The summed E-state index contributed by atoms with van der Waals surface area (Å²) in [5.41, 5.74) is 0. The van der Waals surface area contributed by atoms with Crippen LogP contribution in [0.1, 0.15) is 323 Å². The molecule has 5 atom stereocenters. The van der Waals surface area contributed by atoms with E-state index >= 15 is 0 Å². The topological polar surface area (TPSA) is 237 Å². The molecule has 0 fully saturated rings. The van der Waals surface area contributed by atoms with Crippen molar-refractivity contribution >= 4 is 39.5 Å². The lowest BCUT2D eigenvalue weighted by atomic mass is 10.1. The Morgan fingerprint density at radius 1 is 0.269 bits per heavy atom. The zero-order chi connectivity index (χ0) is 78.9. The molecule has 0 aliphatic carbocycles. The Morgan fingerprint density at radius 2 is 0.481 bits per heavy atom. The third-order valence-corrected chi connectivity index (χ3v) is 18.9. The molecule has 0 aromatic carbocycles. The van der Waals surface area contributed by atoms with Crippen molar-refractivity contribution in [2.75, 3.05) is 39.6 Å². The highest BCUT2D eigenvalue weighted by Gasteiger charge is 2.30. The van der Waals surface area contributed by atoms with Crippen molar-refractivity contribution in [1.82, 2.24) is 0 Å². The number of aliphatic hydroxyl groups is 1. The monoisotopic (exact) mass is 1550 g/mol. The van der Waals surface area contributed by atoms with Gasteiger partial charge in [-0.25, -0.2) is 9.13 Å². The van der Waals surface area contributed by atoms with Gasteiger partial charge in [-0.05, 0) is 167 Å². The van der Waals surface area contributed by atoms with Crippen LogP contribution in [0.4, 0.5) is 0 Å². The summed E-state index contributed by atoms with van der Waals surface area (Å²) in [6, 6.07) is 0. The third kappa shape index (κ3) is 78.8. The van der Waals surface area contributed by atoms with E-state index in [2.05, 4.69) is 186 Å². The first-order chi connectivity index (χ1) is 52.7. The SMILES string of the molecule is CC/C=C\C/C=C\C/C=C\C/C=C\CCCCCCCCC(=O)OCC(COP(=O)(O)OCC(O)COP(=O)(O)OCC(COC(=O)CCCCCC/C=C\C/C=C\C/C=C\C/C=C\CC)OC(=O)CCCCCC/C=C\C/C=C\C/C=C\C/C=C\CC)OC(=O)CCCCCCC/C=C\CCCCCCCC. The number of unbranched alkanes of at least 4 members (excludes halogenated alkanes) is 25. The quantitative estimate of drug-likeness (QED) is 0.0169. The molecule has 0 aromatic rings. The first-order valence-electron chi connectivity index (χ1n) is 41.7. The number of hydrogen-bond donors (Lipinski definition) is 3. The Morgan fingerprint density at radius 3 is 0.750 bits per heavy atom. The Hall–Kier alpha value is -5.32. The summed E-state index contributed by atoms with van der Waals surface area (Å²) in [7, 11) is -10.00. The van der Waals surface area contributed by atoms with Gasteiger partial charge in [0.05, 0.1) is 26.4 Å². The number of carbonyl (C=O) groups excluding carboxylic acids is 4. The largest absolute Gasteiger partial charge is 0.472 e. The van der Waals surface area contributed by atoms with Crippen molar-refractivity contribution in [3.63, 3.8) is 0 Å². The summed E-state index contributed by atoms with van der Waals surface area (Å²) in [6.45, 7) is 4.47. The van der Waals surface area contributed by atoms with Crippen molar-refractivity contribution in [2.45, 2.75) is 341 Å². The number of rotatable bonds is 77. The van der Waals surface area contributed by atoms with Gasteiger partial charge in [0.2, 0.25) is 0 Å². The molecule has 0 radical (unpaired) electrons. The van der Waals surface area contributed by atoms with Crippen LogP contribution in [0.5, 0.6) is 0 Å². The van der Waals surface area contributed by atoms with Crippen LogP contribution in [0, 0.1) is 0 Å². The second-order valence-electron chi connectivity index (χ2n) is 27.3. The van der Waals surface area contributed by atoms with Crippen LogP contribution in [0.25, 0.3) is 0 Å². The zero-order valence-electron chi connectivity index (χ0n) is 67.5. The van der Waals surface area contributed by atoms with Crippen molar-refractivity contribution in [1.29, 1.82) is 0 Å². The van der Waals surface area contributed by atoms with Crippen LogP contribution < -0.4 is 0 Å². The van der Waals surface area contributed by atoms with Crippen molar-refractivity contribution < 1.29 is 80.2 Å². The fraction of sp³-hybridized carbons (Fsp3) is 0.663.